The highest BCUT2D eigenvalue weighted by Crippen LogP contribution is 2.20. The first kappa shape index (κ1) is 10.9. The number of aromatic amines is 1. The largest absolute Gasteiger partial charge is 0.389 e. The van der Waals surface area contributed by atoms with Gasteiger partial charge < -0.3 is 20.5 Å². The van der Waals surface area contributed by atoms with Crippen LogP contribution in [0.3, 0.4) is 0 Å². The molecule has 0 aliphatic rings. The summed E-state index contributed by atoms with van der Waals surface area (Å²) in [6.07, 6.45) is 0.790. The highest BCUT2D eigenvalue weighted by atomic mass is 16.3. The Labute approximate surface area is 91.6 Å². The Bertz CT molecular complexity index is 472. The molecule has 7 nitrogen and oxygen atoms in total. The van der Waals surface area contributed by atoms with Crippen LogP contribution in [0.15, 0.2) is 12.7 Å². The van der Waals surface area contributed by atoms with E-state index in [9.17, 15) is 10.2 Å². The standard InChI is InChI=1S/C9H13N5O2/c1-10-2-5(15)8(16)6-7-9(13-3-11-6)14-4-12-7/h3-5,8,10,15-16H,2H2,1H3,(H,11,12,13,14). The van der Waals surface area contributed by atoms with E-state index >= 15 is 0 Å². The van der Waals surface area contributed by atoms with Crippen molar-refractivity contribution in [3.8, 4) is 0 Å². The summed E-state index contributed by atoms with van der Waals surface area (Å²) in [7, 11) is 1.70. The molecule has 86 valence electrons. The topological polar surface area (TPSA) is 107 Å². The number of aromatic nitrogens is 4. The zero-order valence-corrected chi connectivity index (χ0v) is 8.75. The Morgan fingerprint density at radius 1 is 1.38 bits per heavy atom. The minimum absolute atomic E-state index is 0.279. The van der Waals surface area contributed by atoms with Crippen molar-refractivity contribution in [3.05, 3.63) is 18.3 Å². The van der Waals surface area contributed by atoms with Crippen LogP contribution >= 0.6 is 0 Å². The monoisotopic (exact) mass is 223 g/mol. The maximum absolute atomic E-state index is 9.91. The number of hydrogen-bond donors (Lipinski definition) is 4. The number of imidazole rings is 1. The molecular formula is C9H13N5O2. The van der Waals surface area contributed by atoms with Crippen molar-refractivity contribution in [2.45, 2.75) is 12.2 Å². The van der Waals surface area contributed by atoms with Gasteiger partial charge >= 0.3 is 0 Å². The Kier molecular flexibility index (Phi) is 3.09. The molecule has 2 aromatic rings. The molecule has 2 atom stereocenters. The predicted molar refractivity (Wildman–Crippen MR) is 56.6 cm³/mol. The van der Waals surface area contributed by atoms with E-state index in [2.05, 4.69) is 25.3 Å². The first-order valence-electron chi connectivity index (χ1n) is 4.88. The van der Waals surface area contributed by atoms with Crippen LogP contribution < -0.4 is 5.32 Å². The number of fused-ring (bicyclic) bond motifs is 1. The lowest BCUT2D eigenvalue weighted by Crippen LogP contribution is -2.30. The fourth-order valence-electron chi connectivity index (χ4n) is 1.51. The Morgan fingerprint density at radius 2 is 2.19 bits per heavy atom. The number of nitrogens with one attached hydrogen (secondary N) is 2. The van der Waals surface area contributed by atoms with Gasteiger partial charge in [-0.1, -0.05) is 0 Å². The summed E-state index contributed by atoms with van der Waals surface area (Å²) in [6.45, 7) is 0.279. The minimum Gasteiger partial charge on any atom is -0.389 e. The molecule has 0 aromatic carbocycles. The maximum Gasteiger partial charge on any atom is 0.180 e. The zero-order valence-electron chi connectivity index (χ0n) is 8.75. The lowest BCUT2D eigenvalue weighted by Gasteiger charge is -2.16. The van der Waals surface area contributed by atoms with Crippen molar-refractivity contribution >= 4 is 11.2 Å². The van der Waals surface area contributed by atoms with Crippen molar-refractivity contribution < 1.29 is 10.2 Å². The van der Waals surface area contributed by atoms with E-state index in [0.717, 1.165) is 0 Å². The van der Waals surface area contributed by atoms with Crippen molar-refractivity contribution in [3.63, 3.8) is 0 Å². The molecule has 0 amide bonds. The van der Waals surface area contributed by atoms with Gasteiger partial charge in [0, 0.05) is 6.54 Å². The second-order valence-electron chi connectivity index (χ2n) is 3.43. The average molecular weight is 223 g/mol. The van der Waals surface area contributed by atoms with E-state index in [1.165, 1.54) is 12.7 Å². The molecule has 2 heterocycles. The number of nitrogens with zero attached hydrogens (tertiary/aromatic N) is 3. The van der Waals surface area contributed by atoms with Gasteiger partial charge in [0.05, 0.1) is 12.4 Å². The second-order valence-corrected chi connectivity index (χ2v) is 3.43. The average Bonchev–Trinajstić information content (AvgIpc) is 2.76. The number of aliphatic hydroxyl groups excluding tert-OH is 2. The first-order valence-corrected chi connectivity index (χ1v) is 4.88. The lowest BCUT2D eigenvalue weighted by molar-refractivity contribution is 0.0185. The number of H-pyrrole nitrogens is 1. The van der Waals surface area contributed by atoms with Gasteiger partial charge in [0.25, 0.3) is 0 Å². The molecule has 2 unspecified atom stereocenters. The number of hydrogen-bond acceptors (Lipinski definition) is 6. The van der Waals surface area contributed by atoms with Crippen LogP contribution in [0.1, 0.15) is 11.8 Å². The van der Waals surface area contributed by atoms with Crippen LogP contribution in [-0.2, 0) is 0 Å². The van der Waals surface area contributed by atoms with Crippen LogP contribution in [0.4, 0.5) is 0 Å². The van der Waals surface area contributed by atoms with E-state index in [4.69, 9.17) is 0 Å². The summed E-state index contributed by atoms with van der Waals surface area (Å²) in [4.78, 5) is 14.7. The molecule has 0 bridgehead atoms. The zero-order chi connectivity index (χ0) is 11.5. The number of aliphatic hydroxyl groups is 2. The Balaban J connectivity index is 2.35. The summed E-state index contributed by atoms with van der Waals surface area (Å²) in [6, 6.07) is 0. The molecule has 4 N–H and O–H groups in total. The van der Waals surface area contributed by atoms with Gasteiger partial charge in [0.2, 0.25) is 0 Å². The van der Waals surface area contributed by atoms with Crippen LogP contribution in [0, 0.1) is 0 Å². The first-order chi connectivity index (χ1) is 7.74. The normalized spacial score (nSPS) is 15.2. The molecule has 0 saturated heterocycles. The molecular weight excluding hydrogens is 210 g/mol. The maximum atomic E-state index is 9.91. The fourth-order valence-corrected chi connectivity index (χ4v) is 1.51. The molecule has 0 aliphatic heterocycles. The minimum atomic E-state index is -1.07. The van der Waals surface area contributed by atoms with Gasteiger partial charge in [-0.15, -0.1) is 0 Å². The quantitative estimate of drug-likeness (QED) is 0.528. The molecule has 0 saturated carbocycles. The lowest BCUT2D eigenvalue weighted by atomic mass is 10.1. The molecule has 7 heteroatoms. The Morgan fingerprint density at radius 3 is 2.94 bits per heavy atom. The molecule has 0 spiro atoms. The number of likely N-dealkylation sites (N-methyl/N-ethyl adjacent to an activating group) is 1. The number of rotatable bonds is 4. The van der Waals surface area contributed by atoms with Crippen LogP contribution in [0.2, 0.25) is 0 Å². The van der Waals surface area contributed by atoms with Crippen molar-refractivity contribution in [2.75, 3.05) is 13.6 Å². The van der Waals surface area contributed by atoms with E-state index in [1.807, 2.05) is 0 Å². The van der Waals surface area contributed by atoms with Crippen molar-refractivity contribution in [1.29, 1.82) is 0 Å². The highest BCUT2D eigenvalue weighted by molar-refractivity contribution is 5.72. The van der Waals surface area contributed by atoms with Gasteiger partial charge in [-0.05, 0) is 7.05 Å². The Hall–Kier alpha value is -1.57. The fraction of sp³-hybridized carbons (Fsp3) is 0.444. The predicted octanol–water partition coefficient (Wildman–Crippen LogP) is -1.03. The summed E-state index contributed by atoms with van der Waals surface area (Å²) in [5.41, 5.74) is 1.37. The summed E-state index contributed by atoms with van der Waals surface area (Å²) in [5.74, 6) is 0. The van der Waals surface area contributed by atoms with E-state index in [0.29, 0.717) is 16.9 Å². The smallest absolute Gasteiger partial charge is 0.180 e. The highest BCUT2D eigenvalue weighted by Gasteiger charge is 2.22. The van der Waals surface area contributed by atoms with Crippen LogP contribution in [0.5, 0.6) is 0 Å². The third kappa shape index (κ3) is 1.87. The molecule has 2 aromatic heterocycles. The van der Waals surface area contributed by atoms with Crippen LogP contribution in [0.25, 0.3) is 11.2 Å². The summed E-state index contributed by atoms with van der Waals surface area (Å²) >= 11 is 0. The van der Waals surface area contributed by atoms with Gasteiger partial charge in [0.15, 0.2) is 5.65 Å². The van der Waals surface area contributed by atoms with Crippen molar-refractivity contribution in [2.24, 2.45) is 0 Å². The summed E-state index contributed by atoms with van der Waals surface area (Å²) in [5, 5.41) is 22.4. The molecule has 0 radical (unpaired) electrons. The van der Waals surface area contributed by atoms with Crippen molar-refractivity contribution in [1.82, 2.24) is 25.3 Å². The van der Waals surface area contributed by atoms with Gasteiger partial charge in [0.1, 0.15) is 23.6 Å². The van der Waals surface area contributed by atoms with Gasteiger partial charge in [-0.25, -0.2) is 15.0 Å². The van der Waals surface area contributed by atoms with Gasteiger partial charge in [-0.3, -0.25) is 0 Å². The molecule has 16 heavy (non-hydrogen) atoms. The third-order valence-electron chi connectivity index (χ3n) is 2.31. The molecule has 2 rings (SSSR count). The van der Waals surface area contributed by atoms with Gasteiger partial charge in [-0.2, -0.15) is 0 Å². The second kappa shape index (κ2) is 4.52. The van der Waals surface area contributed by atoms with E-state index in [-0.39, 0.29) is 6.54 Å². The SMILES string of the molecule is CNCC(O)C(O)c1ncnc2nc[nH]c12. The molecule has 0 fully saturated rings. The van der Waals surface area contributed by atoms with Crippen LogP contribution in [-0.4, -0.2) is 49.8 Å². The van der Waals surface area contributed by atoms with E-state index in [1.54, 1.807) is 7.05 Å². The summed E-state index contributed by atoms with van der Waals surface area (Å²) < 4.78 is 0. The molecule has 0 aliphatic carbocycles. The third-order valence-corrected chi connectivity index (χ3v) is 2.31. The van der Waals surface area contributed by atoms with E-state index < -0.39 is 12.2 Å².